The van der Waals surface area contributed by atoms with Crippen LogP contribution in [0.2, 0.25) is 0 Å². The number of carbonyl (C=O) groups is 2. The molecule has 0 saturated carbocycles. The molecule has 1 atom stereocenters. The maximum Gasteiger partial charge on any atom is 0.261 e. The largest absolute Gasteiger partial charge is 0.484 e. The number of nitrogens with one attached hydrogen (secondary N) is 1. The van der Waals surface area contributed by atoms with E-state index in [0.29, 0.717) is 5.75 Å². The minimum absolute atomic E-state index is 0.167. The molecule has 162 valence electrons. The van der Waals surface area contributed by atoms with Gasteiger partial charge in [0.15, 0.2) is 6.61 Å². The lowest BCUT2D eigenvalue weighted by Crippen LogP contribution is -2.53. The third-order valence-corrected chi connectivity index (χ3v) is 5.31. The number of benzene rings is 2. The van der Waals surface area contributed by atoms with Crippen molar-refractivity contribution in [3.8, 4) is 5.75 Å². The smallest absolute Gasteiger partial charge is 0.261 e. The van der Waals surface area contributed by atoms with Crippen molar-refractivity contribution >= 4 is 27.7 Å². The molecule has 0 unspecified atom stereocenters. The van der Waals surface area contributed by atoms with Crippen LogP contribution in [-0.4, -0.2) is 34.9 Å². The third-order valence-electron chi connectivity index (χ3n) is 4.42. The Balaban J connectivity index is 2.17. The van der Waals surface area contributed by atoms with E-state index in [0.717, 1.165) is 15.6 Å². The number of aryl methyl sites for hydroxylation is 1. The van der Waals surface area contributed by atoms with E-state index in [1.165, 1.54) is 17.0 Å². The number of hydrogen-bond donors (Lipinski definition) is 1. The highest BCUT2D eigenvalue weighted by atomic mass is 79.9. The Bertz CT molecular complexity index is 894. The highest BCUT2D eigenvalue weighted by molar-refractivity contribution is 9.10. The summed E-state index contributed by atoms with van der Waals surface area (Å²) in [7, 11) is 0. The monoisotopic (exact) mass is 478 g/mol. The number of amides is 2. The van der Waals surface area contributed by atoms with E-state index >= 15 is 0 Å². The minimum atomic E-state index is -0.725. The van der Waals surface area contributed by atoms with Crippen LogP contribution in [0.1, 0.15) is 38.8 Å². The molecule has 0 fully saturated rings. The van der Waals surface area contributed by atoms with Crippen molar-refractivity contribution in [2.75, 3.05) is 6.61 Å². The van der Waals surface area contributed by atoms with Crippen LogP contribution < -0.4 is 10.1 Å². The van der Waals surface area contributed by atoms with Gasteiger partial charge in [-0.3, -0.25) is 9.59 Å². The molecule has 30 heavy (non-hydrogen) atoms. The summed E-state index contributed by atoms with van der Waals surface area (Å²) in [6.07, 6.45) is 0. The van der Waals surface area contributed by atoms with Gasteiger partial charge in [-0.25, -0.2) is 4.39 Å². The summed E-state index contributed by atoms with van der Waals surface area (Å²) in [6, 6.07) is 10.6. The maximum atomic E-state index is 13.3. The first-order valence-corrected chi connectivity index (χ1v) is 10.5. The fourth-order valence-electron chi connectivity index (χ4n) is 2.78. The average molecular weight is 479 g/mol. The molecule has 0 heterocycles. The molecular formula is C23H28BrFN2O3. The van der Waals surface area contributed by atoms with Crippen molar-refractivity contribution < 1.29 is 18.7 Å². The quantitative estimate of drug-likeness (QED) is 0.631. The Labute approximate surface area is 185 Å². The number of nitrogens with zero attached hydrogens (tertiary/aromatic N) is 1. The molecule has 0 radical (unpaired) electrons. The summed E-state index contributed by atoms with van der Waals surface area (Å²) in [4.78, 5) is 27.1. The van der Waals surface area contributed by atoms with E-state index in [9.17, 15) is 14.0 Å². The van der Waals surface area contributed by atoms with Crippen LogP contribution in [0.4, 0.5) is 4.39 Å². The first kappa shape index (κ1) is 23.9. The van der Waals surface area contributed by atoms with Gasteiger partial charge in [-0.1, -0.05) is 28.1 Å². The lowest BCUT2D eigenvalue weighted by atomic mass is 10.1. The first-order chi connectivity index (χ1) is 14.0. The van der Waals surface area contributed by atoms with E-state index in [2.05, 4.69) is 21.2 Å². The standard InChI is InChI=1S/C23H28BrFN2O3/c1-15-12-19(10-11-20(15)24)30-14-21(28)27(13-17-6-8-18(25)9-7-17)16(2)22(29)26-23(3,4)5/h6-12,16H,13-14H2,1-5H3,(H,26,29)/t16-/m0/s1. The van der Waals surface area contributed by atoms with Crippen molar-refractivity contribution in [2.45, 2.75) is 52.7 Å². The molecule has 0 aliphatic carbocycles. The van der Waals surface area contributed by atoms with Gasteiger partial charge in [0.2, 0.25) is 5.91 Å². The summed E-state index contributed by atoms with van der Waals surface area (Å²) >= 11 is 3.43. The summed E-state index contributed by atoms with van der Waals surface area (Å²) in [6.45, 7) is 9.19. The molecule has 1 N–H and O–H groups in total. The minimum Gasteiger partial charge on any atom is -0.484 e. The lowest BCUT2D eigenvalue weighted by Gasteiger charge is -2.31. The fourth-order valence-corrected chi connectivity index (χ4v) is 3.02. The van der Waals surface area contributed by atoms with Gasteiger partial charge >= 0.3 is 0 Å². The highest BCUT2D eigenvalue weighted by Crippen LogP contribution is 2.22. The third kappa shape index (κ3) is 7.13. The van der Waals surface area contributed by atoms with E-state index < -0.39 is 11.6 Å². The van der Waals surface area contributed by atoms with Gasteiger partial charge in [0, 0.05) is 16.6 Å². The number of hydrogen-bond acceptors (Lipinski definition) is 3. The number of rotatable bonds is 7. The van der Waals surface area contributed by atoms with Crippen LogP contribution in [0, 0.1) is 12.7 Å². The van der Waals surface area contributed by atoms with E-state index in [4.69, 9.17) is 4.74 Å². The molecule has 2 aromatic carbocycles. The second-order valence-corrected chi connectivity index (χ2v) is 9.12. The van der Waals surface area contributed by atoms with Gasteiger partial charge in [0.1, 0.15) is 17.6 Å². The summed E-state index contributed by atoms with van der Waals surface area (Å²) < 4.78 is 19.9. The zero-order valence-corrected chi connectivity index (χ0v) is 19.5. The molecule has 0 bridgehead atoms. The molecule has 0 aliphatic rings. The van der Waals surface area contributed by atoms with Crippen LogP contribution in [0.25, 0.3) is 0 Å². The van der Waals surface area contributed by atoms with Crippen LogP contribution in [0.3, 0.4) is 0 Å². The number of ether oxygens (including phenoxy) is 1. The normalized spacial score (nSPS) is 12.2. The van der Waals surface area contributed by atoms with Gasteiger partial charge in [-0.05, 0) is 76.1 Å². The van der Waals surface area contributed by atoms with Gasteiger partial charge in [-0.2, -0.15) is 0 Å². The molecule has 0 aromatic heterocycles. The Kier molecular flexibility index (Phi) is 8.01. The predicted octanol–water partition coefficient (Wildman–Crippen LogP) is 4.61. The summed E-state index contributed by atoms with van der Waals surface area (Å²) in [5.41, 5.74) is 1.28. The Morgan fingerprint density at radius 2 is 1.80 bits per heavy atom. The van der Waals surface area contributed by atoms with Gasteiger partial charge < -0.3 is 15.0 Å². The molecule has 0 spiro atoms. The average Bonchev–Trinajstić information content (AvgIpc) is 2.66. The molecule has 0 saturated heterocycles. The zero-order valence-electron chi connectivity index (χ0n) is 18.0. The van der Waals surface area contributed by atoms with Crippen molar-refractivity contribution in [1.82, 2.24) is 10.2 Å². The van der Waals surface area contributed by atoms with Gasteiger partial charge in [0.25, 0.3) is 5.91 Å². The van der Waals surface area contributed by atoms with Crippen LogP contribution >= 0.6 is 15.9 Å². The highest BCUT2D eigenvalue weighted by Gasteiger charge is 2.28. The topological polar surface area (TPSA) is 58.6 Å². The van der Waals surface area contributed by atoms with Gasteiger partial charge in [-0.15, -0.1) is 0 Å². The molecular weight excluding hydrogens is 451 g/mol. The van der Waals surface area contributed by atoms with Crippen molar-refractivity contribution in [2.24, 2.45) is 0 Å². The Morgan fingerprint density at radius 1 is 1.17 bits per heavy atom. The summed E-state index contributed by atoms with van der Waals surface area (Å²) in [5, 5.41) is 2.90. The van der Waals surface area contributed by atoms with Crippen LogP contribution in [0.15, 0.2) is 46.9 Å². The molecule has 2 amide bonds. The number of carbonyl (C=O) groups excluding carboxylic acids is 2. The van der Waals surface area contributed by atoms with Crippen molar-refractivity contribution in [3.63, 3.8) is 0 Å². The van der Waals surface area contributed by atoms with Crippen LogP contribution in [0.5, 0.6) is 5.75 Å². The summed E-state index contributed by atoms with van der Waals surface area (Å²) in [5.74, 6) is -0.393. The molecule has 2 rings (SSSR count). The first-order valence-electron chi connectivity index (χ1n) is 9.71. The van der Waals surface area contributed by atoms with E-state index in [-0.39, 0.29) is 30.8 Å². The van der Waals surface area contributed by atoms with Crippen molar-refractivity contribution in [3.05, 3.63) is 63.9 Å². The number of halogens is 2. The lowest BCUT2D eigenvalue weighted by molar-refractivity contribution is -0.142. The second-order valence-electron chi connectivity index (χ2n) is 8.26. The Hall–Kier alpha value is -2.41. The zero-order chi connectivity index (χ0) is 22.5. The molecule has 5 nitrogen and oxygen atoms in total. The molecule has 0 aliphatic heterocycles. The predicted molar refractivity (Wildman–Crippen MR) is 119 cm³/mol. The maximum absolute atomic E-state index is 13.3. The van der Waals surface area contributed by atoms with Crippen molar-refractivity contribution in [1.29, 1.82) is 0 Å². The second kappa shape index (κ2) is 10.1. The van der Waals surface area contributed by atoms with E-state index in [1.807, 2.05) is 39.8 Å². The fraction of sp³-hybridized carbons (Fsp3) is 0.391. The van der Waals surface area contributed by atoms with Crippen LogP contribution in [-0.2, 0) is 16.1 Å². The Morgan fingerprint density at radius 3 is 2.37 bits per heavy atom. The SMILES string of the molecule is Cc1cc(OCC(=O)N(Cc2ccc(F)cc2)[C@@H](C)C(=O)NC(C)(C)C)ccc1Br. The molecule has 2 aromatic rings. The molecule has 7 heteroatoms. The van der Waals surface area contributed by atoms with E-state index in [1.54, 1.807) is 25.1 Å². The van der Waals surface area contributed by atoms with Gasteiger partial charge in [0.05, 0.1) is 0 Å².